The van der Waals surface area contributed by atoms with Gasteiger partial charge in [-0.25, -0.2) is 4.98 Å². The molecule has 5 nitrogen and oxygen atoms in total. The lowest BCUT2D eigenvalue weighted by atomic mass is 10.1. The molecule has 0 amide bonds. The number of rotatable bonds is 4. The van der Waals surface area contributed by atoms with Crippen LogP contribution in [0.4, 0.5) is 0 Å². The number of aromatic nitrogens is 3. The van der Waals surface area contributed by atoms with Crippen LogP contribution in [0.2, 0.25) is 0 Å². The first-order valence-electron chi connectivity index (χ1n) is 7.56. The molecule has 0 aliphatic carbocycles. The number of imidazole rings is 1. The molecule has 0 saturated heterocycles. The van der Waals surface area contributed by atoms with Crippen molar-refractivity contribution in [3.05, 3.63) is 78.5 Å². The normalized spacial score (nSPS) is 10.6. The van der Waals surface area contributed by atoms with E-state index in [2.05, 4.69) is 16.0 Å². The topological polar surface area (TPSA) is 66.6 Å². The summed E-state index contributed by atoms with van der Waals surface area (Å²) in [5.74, 6) is 1.29. The predicted molar refractivity (Wildman–Crippen MR) is 90.9 cm³/mol. The number of ether oxygens (including phenoxy) is 1. The summed E-state index contributed by atoms with van der Waals surface area (Å²) in [5.41, 5.74) is 2.56. The smallest absolute Gasteiger partial charge is 0.145 e. The van der Waals surface area contributed by atoms with Gasteiger partial charge in [0.2, 0.25) is 0 Å². The van der Waals surface area contributed by atoms with Crippen LogP contribution in [-0.2, 0) is 6.54 Å². The quantitative estimate of drug-likeness (QED) is 0.617. The molecule has 24 heavy (non-hydrogen) atoms. The fraction of sp³-hybridized carbons (Fsp3) is 0.0526. The number of aromatic amines is 1. The molecule has 2 aromatic heterocycles. The van der Waals surface area contributed by atoms with Crippen molar-refractivity contribution in [2.45, 2.75) is 6.54 Å². The van der Waals surface area contributed by atoms with E-state index >= 15 is 0 Å². The molecule has 0 aliphatic heterocycles. The minimum absolute atomic E-state index is 0.511. The van der Waals surface area contributed by atoms with Crippen molar-refractivity contribution in [3.8, 4) is 17.6 Å². The van der Waals surface area contributed by atoms with Crippen LogP contribution in [0.5, 0.6) is 11.5 Å². The lowest BCUT2D eigenvalue weighted by Gasteiger charge is -2.11. The first-order valence-corrected chi connectivity index (χ1v) is 7.56. The SMILES string of the molecule is N#Cc1ccc(Cn2ccnc2)cc1Oc1cccc2[nH]ccc12. The summed E-state index contributed by atoms with van der Waals surface area (Å²) in [6, 6.07) is 15.6. The molecule has 116 valence electrons. The molecule has 2 heterocycles. The van der Waals surface area contributed by atoms with Gasteiger partial charge in [0.05, 0.1) is 11.9 Å². The van der Waals surface area contributed by atoms with Crippen molar-refractivity contribution in [3.63, 3.8) is 0 Å². The standard InChI is InChI=1S/C19H14N4O/c20-11-15-5-4-14(12-23-9-8-21-13-23)10-19(15)24-18-3-1-2-17-16(18)6-7-22-17/h1-10,13,22H,12H2. The van der Waals surface area contributed by atoms with E-state index in [1.807, 2.05) is 53.4 Å². The average molecular weight is 314 g/mol. The number of fused-ring (bicyclic) bond motifs is 1. The van der Waals surface area contributed by atoms with E-state index in [0.717, 1.165) is 22.2 Å². The number of hydrogen-bond donors (Lipinski definition) is 1. The van der Waals surface area contributed by atoms with E-state index in [9.17, 15) is 5.26 Å². The van der Waals surface area contributed by atoms with Gasteiger partial charge in [-0.3, -0.25) is 0 Å². The summed E-state index contributed by atoms with van der Waals surface area (Å²) in [4.78, 5) is 7.21. The van der Waals surface area contributed by atoms with Crippen molar-refractivity contribution in [2.24, 2.45) is 0 Å². The second-order valence-electron chi connectivity index (χ2n) is 5.47. The van der Waals surface area contributed by atoms with Gasteiger partial charge in [-0.15, -0.1) is 0 Å². The summed E-state index contributed by atoms with van der Waals surface area (Å²) in [7, 11) is 0. The summed E-state index contributed by atoms with van der Waals surface area (Å²) in [5, 5.41) is 10.4. The Balaban J connectivity index is 1.71. The third-order valence-electron chi connectivity index (χ3n) is 3.87. The van der Waals surface area contributed by atoms with Crippen LogP contribution < -0.4 is 4.74 Å². The first kappa shape index (κ1) is 14.1. The summed E-state index contributed by atoms with van der Waals surface area (Å²) in [6.45, 7) is 0.677. The van der Waals surface area contributed by atoms with E-state index in [0.29, 0.717) is 17.9 Å². The van der Waals surface area contributed by atoms with Gasteiger partial charge in [0.25, 0.3) is 0 Å². The Morgan fingerprint density at radius 2 is 2.12 bits per heavy atom. The van der Waals surface area contributed by atoms with Gasteiger partial charge < -0.3 is 14.3 Å². The van der Waals surface area contributed by atoms with Crippen LogP contribution in [-0.4, -0.2) is 14.5 Å². The fourth-order valence-electron chi connectivity index (χ4n) is 2.70. The Kier molecular flexibility index (Phi) is 3.49. The molecule has 4 rings (SSSR count). The lowest BCUT2D eigenvalue weighted by Crippen LogP contribution is -1.98. The number of nitrogens with one attached hydrogen (secondary N) is 1. The predicted octanol–water partition coefficient (Wildman–Crippen LogP) is 4.08. The molecule has 2 aromatic carbocycles. The highest BCUT2D eigenvalue weighted by molar-refractivity contribution is 5.86. The Labute approximate surface area is 138 Å². The van der Waals surface area contributed by atoms with Gasteiger partial charge >= 0.3 is 0 Å². The largest absolute Gasteiger partial charge is 0.455 e. The third-order valence-corrected chi connectivity index (χ3v) is 3.87. The van der Waals surface area contributed by atoms with Crippen molar-refractivity contribution in [1.29, 1.82) is 5.26 Å². The average Bonchev–Trinajstić information content (AvgIpc) is 3.27. The minimum atomic E-state index is 0.511. The minimum Gasteiger partial charge on any atom is -0.455 e. The van der Waals surface area contributed by atoms with E-state index in [-0.39, 0.29) is 0 Å². The molecule has 0 fully saturated rings. The third kappa shape index (κ3) is 2.61. The molecule has 0 radical (unpaired) electrons. The van der Waals surface area contributed by atoms with Crippen LogP contribution >= 0.6 is 0 Å². The Hall–Kier alpha value is -3.52. The molecule has 0 saturated carbocycles. The van der Waals surface area contributed by atoms with Gasteiger partial charge in [0.15, 0.2) is 0 Å². The number of benzene rings is 2. The second-order valence-corrected chi connectivity index (χ2v) is 5.47. The lowest BCUT2D eigenvalue weighted by molar-refractivity contribution is 0.486. The van der Waals surface area contributed by atoms with E-state index < -0.39 is 0 Å². The van der Waals surface area contributed by atoms with E-state index in [1.54, 1.807) is 18.6 Å². The highest BCUT2D eigenvalue weighted by atomic mass is 16.5. The van der Waals surface area contributed by atoms with Gasteiger partial charge in [-0.1, -0.05) is 12.1 Å². The highest BCUT2D eigenvalue weighted by Gasteiger charge is 2.09. The second kappa shape index (κ2) is 5.94. The summed E-state index contributed by atoms with van der Waals surface area (Å²) >= 11 is 0. The summed E-state index contributed by atoms with van der Waals surface area (Å²) < 4.78 is 8.03. The maximum Gasteiger partial charge on any atom is 0.145 e. The molecular formula is C19H14N4O. The maximum absolute atomic E-state index is 9.37. The van der Waals surface area contributed by atoms with Crippen molar-refractivity contribution in [2.75, 3.05) is 0 Å². The monoisotopic (exact) mass is 314 g/mol. The zero-order valence-electron chi connectivity index (χ0n) is 12.8. The van der Waals surface area contributed by atoms with E-state index in [1.165, 1.54) is 0 Å². The number of nitriles is 1. The molecule has 4 aromatic rings. The summed E-state index contributed by atoms with van der Waals surface area (Å²) in [6.07, 6.45) is 7.28. The molecule has 5 heteroatoms. The van der Waals surface area contributed by atoms with Crippen LogP contribution in [0.15, 0.2) is 67.4 Å². The molecule has 0 aliphatic rings. The van der Waals surface area contributed by atoms with Gasteiger partial charge in [-0.2, -0.15) is 5.26 Å². The van der Waals surface area contributed by atoms with Gasteiger partial charge in [-0.05, 0) is 35.9 Å². The zero-order chi connectivity index (χ0) is 16.4. The first-order chi connectivity index (χ1) is 11.8. The van der Waals surface area contributed by atoms with Crippen LogP contribution in [0.1, 0.15) is 11.1 Å². The van der Waals surface area contributed by atoms with Crippen LogP contribution in [0.3, 0.4) is 0 Å². The number of H-pyrrole nitrogens is 1. The number of nitrogens with zero attached hydrogens (tertiary/aromatic N) is 3. The van der Waals surface area contributed by atoms with Crippen LogP contribution in [0.25, 0.3) is 10.9 Å². The Morgan fingerprint density at radius 1 is 1.17 bits per heavy atom. The van der Waals surface area contributed by atoms with E-state index in [4.69, 9.17) is 4.74 Å². The van der Waals surface area contributed by atoms with Crippen molar-refractivity contribution < 1.29 is 4.74 Å². The highest BCUT2D eigenvalue weighted by Crippen LogP contribution is 2.31. The van der Waals surface area contributed by atoms with Crippen molar-refractivity contribution in [1.82, 2.24) is 14.5 Å². The van der Waals surface area contributed by atoms with Crippen molar-refractivity contribution >= 4 is 10.9 Å². The van der Waals surface area contributed by atoms with Gasteiger partial charge in [0, 0.05) is 36.0 Å². The molecule has 0 atom stereocenters. The molecule has 0 unspecified atom stereocenters. The van der Waals surface area contributed by atoms with Crippen LogP contribution in [0, 0.1) is 11.3 Å². The maximum atomic E-state index is 9.37. The molecule has 1 N–H and O–H groups in total. The van der Waals surface area contributed by atoms with Gasteiger partial charge in [0.1, 0.15) is 17.6 Å². The Bertz CT molecular complexity index is 1030. The fourth-order valence-corrected chi connectivity index (χ4v) is 2.70. The molecule has 0 spiro atoms. The Morgan fingerprint density at radius 3 is 2.96 bits per heavy atom. The zero-order valence-corrected chi connectivity index (χ0v) is 12.8. The molecule has 0 bridgehead atoms. The molecular weight excluding hydrogens is 300 g/mol. The number of hydrogen-bond acceptors (Lipinski definition) is 3.